The van der Waals surface area contributed by atoms with Crippen molar-refractivity contribution >= 4 is 5.91 Å². The number of carbonyl (C=O) groups is 1. The molecule has 3 aromatic rings. The van der Waals surface area contributed by atoms with Crippen LogP contribution in [-0.4, -0.2) is 36.7 Å². The molecular formula is C22H25N3O5. The van der Waals surface area contributed by atoms with Gasteiger partial charge in [-0.3, -0.25) is 4.79 Å². The van der Waals surface area contributed by atoms with Gasteiger partial charge in [0.2, 0.25) is 5.89 Å². The molecule has 2 heterocycles. The fourth-order valence-electron chi connectivity index (χ4n) is 2.68. The highest BCUT2D eigenvalue weighted by Gasteiger charge is 2.15. The van der Waals surface area contributed by atoms with E-state index in [1.807, 2.05) is 18.2 Å². The largest absolute Gasteiger partial charge is 0.494 e. The van der Waals surface area contributed by atoms with E-state index >= 15 is 0 Å². The van der Waals surface area contributed by atoms with Gasteiger partial charge in [-0.05, 0) is 36.2 Å². The number of benzene rings is 1. The first-order valence-electron chi connectivity index (χ1n) is 9.54. The van der Waals surface area contributed by atoms with Crippen molar-refractivity contribution in [1.29, 1.82) is 0 Å². The van der Waals surface area contributed by atoms with Crippen LogP contribution in [0, 0.1) is 5.92 Å². The predicted octanol–water partition coefficient (Wildman–Crippen LogP) is 3.72. The van der Waals surface area contributed by atoms with Gasteiger partial charge in [-0.2, -0.15) is 0 Å². The summed E-state index contributed by atoms with van der Waals surface area (Å²) in [6.07, 6.45) is 3.04. The number of nitrogens with zero attached hydrogens (tertiary/aromatic N) is 2. The summed E-state index contributed by atoms with van der Waals surface area (Å²) in [6.45, 7) is 4.91. The lowest BCUT2D eigenvalue weighted by Gasteiger charge is -2.13. The molecule has 0 fully saturated rings. The number of pyridine rings is 1. The number of hydrogen-bond acceptors (Lipinski definition) is 7. The second-order valence-electron chi connectivity index (χ2n) is 6.95. The van der Waals surface area contributed by atoms with E-state index in [1.54, 1.807) is 19.2 Å². The van der Waals surface area contributed by atoms with Crippen molar-refractivity contribution in [3.05, 3.63) is 54.2 Å². The fraction of sp³-hybridized carbons (Fsp3) is 0.318. The highest BCUT2D eigenvalue weighted by Crippen LogP contribution is 2.32. The highest BCUT2D eigenvalue weighted by atomic mass is 16.5. The van der Waals surface area contributed by atoms with Crippen LogP contribution in [-0.2, 0) is 6.54 Å². The number of carbonyl (C=O) groups excluding carboxylic acids is 1. The Labute approximate surface area is 175 Å². The van der Waals surface area contributed by atoms with Crippen molar-refractivity contribution in [3.63, 3.8) is 0 Å². The Balaban J connectivity index is 1.70. The maximum Gasteiger partial charge on any atom is 0.274 e. The van der Waals surface area contributed by atoms with E-state index in [4.69, 9.17) is 18.6 Å². The molecule has 0 atom stereocenters. The third-order valence-electron chi connectivity index (χ3n) is 4.17. The molecule has 0 bridgehead atoms. The third kappa shape index (κ3) is 5.08. The summed E-state index contributed by atoms with van der Waals surface area (Å²) in [5, 5.41) is 2.77. The first-order valence-corrected chi connectivity index (χ1v) is 9.54. The molecule has 1 amide bonds. The van der Waals surface area contributed by atoms with Crippen molar-refractivity contribution in [1.82, 2.24) is 15.3 Å². The lowest BCUT2D eigenvalue weighted by Crippen LogP contribution is -2.24. The number of oxazole rings is 1. The van der Waals surface area contributed by atoms with E-state index in [1.165, 1.54) is 19.6 Å². The Morgan fingerprint density at radius 2 is 1.93 bits per heavy atom. The smallest absolute Gasteiger partial charge is 0.274 e. The summed E-state index contributed by atoms with van der Waals surface area (Å²) < 4.78 is 22.0. The maximum absolute atomic E-state index is 12.4. The molecule has 0 unspecified atom stereocenters. The van der Waals surface area contributed by atoms with Gasteiger partial charge in [-0.25, -0.2) is 9.97 Å². The van der Waals surface area contributed by atoms with E-state index in [9.17, 15) is 4.79 Å². The maximum atomic E-state index is 12.4. The summed E-state index contributed by atoms with van der Waals surface area (Å²) in [5.74, 6) is 2.12. The average molecular weight is 411 g/mol. The molecule has 1 aromatic carbocycles. The van der Waals surface area contributed by atoms with E-state index in [0.717, 1.165) is 5.56 Å². The summed E-state index contributed by atoms with van der Waals surface area (Å²) in [5.41, 5.74) is 1.54. The van der Waals surface area contributed by atoms with Crippen LogP contribution in [0.2, 0.25) is 0 Å². The topological polar surface area (TPSA) is 95.7 Å². The van der Waals surface area contributed by atoms with Crippen molar-refractivity contribution in [3.8, 4) is 28.7 Å². The van der Waals surface area contributed by atoms with Crippen molar-refractivity contribution in [2.75, 3.05) is 20.8 Å². The van der Waals surface area contributed by atoms with Crippen LogP contribution in [0.15, 0.2) is 47.2 Å². The molecule has 0 aliphatic carbocycles. The molecule has 0 spiro atoms. The third-order valence-corrected chi connectivity index (χ3v) is 4.17. The van der Waals surface area contributed by atoms with Crippen LogP contribution >= 0.6 is 0 Å². The van der Waals surface area contributed by atoms with Crippen LogP contribution in [0.25, 0.3) is 11.5 Å². The van der Waals surface area contributed by atoms with E-state index in [-0.39, 0.29) is 18.1 Å². The molecule has 0 aliphatic heterocycles. The van der Waals surface area contributed by atoms with E-state index in [0.29, 0.717) is 41.4 Å². The zero-order valence-corrected chi connectivity index (χ0v) is 17.5. The highest BCUT2D eigenvalue weighted by molar-refractivity contribution is 5.94. The summed E-state index contributed by atoms with van der Waals surface area (Å²) >= 11 is 0. The molecule has 1 N–H and O–H groups in total. The number of ether oxygens (including phenoxy) is 3. The Bertz CT molecular complexity index is 1000. The van der Waals surface area contributed by atoms with Gasteiger partial charge >= 0.3 is 0 Å². The van der Waals surface area contributed by atoms with Gasteiger partial charge in [0.1, 0.15) is 12.0 Å². The number of rotatable bonds is 9. The second-order valence-corrected chi connectivity index (χ2v) is 6.95. The van der Waals surface area contributed by atoms with Gasteiger partial charge in [0.25, 0.3) is 5.91 Å². The second kappa shape index (κ2) is 9.78. The first-order chi connectivity index (χ1) is 14.5. The van der Waals surface area contributed by atoms with Crippen LogP contribution in [0.3, 0.4) is 0 Å². The molecule has 0 saturated heterocycles. The number of methoxy groups -OCH3 is 2. The number of amides is 1. The predicted molar refractivity (Wildman–Crippen MR) is 111 cm³/mol. The van der Waals surface area contributed by atoms with Gasteiger partial charge in [0, 0.05) is 11.8 Å². The Kier molecular flexibility index (Phi) is 6.90. The lowest BCUT2D eigenvalue weighted by atomic mass is 10.2. The molecular weight excluding hydrogens is 386 g/mol. The molecule has 0 saturated carbocycles. The molecule has 0 aliphatic rings. The van der Waals surface area contributed by atoms with Crippen LogP contribution in [0.1, 0.15) is 30.0 Å². The zero-order chi connectivity index (χ0) is 21.5. The zero-order valence-electron chi connectivity index (χ0n) is 17.5. The monoisotopic (exact) mass is 411 g/mol. The van der Waals surface area contributed by atoms with Gasteiger partial charge < -0.3 is 23.9 Å². The minimum Gasteiger partial charge on any atom is -0.494 e. The molecule has 2 aromatic heterocycles. The van der Waals surface area contributed by atoms with Crippen LogP contribution in [0.4, 0.5) is 0 Å². The molecule has 158 valence electrons. The number of nitrogens with one attached hydrogen (secondary N) is 1. The van der Waals surface area contributed by atoms with Crippen LogP contribution < -0.4 is 19.5 Å². The van der Waals surface area contributed by atoms with E-state index < -0.39 is 0 Å². The standard InChI is InChI=1S/C22H25N3O5/c1-14(2)12-29-19-10-15(7-8-17(19)27-3)22-25-16(13-30-22)11-24-21(26)20-18(28-4)6-5-9-23-20/h5-10,13-14H,11-12H2,1-4H3,(H,24,26). The van der Waals surface area contributed by atoms with E-state index in [2.05, 4.69) is 29.1 Å². The Morgan fingerprint density at radius 3 is 2.67 bits per heavy atom. The minimum atomic E-state index is -0.356. The quantitative estimate of drug-likeness (QED) is 0.573. The van der Waals surface area contributed by atoms with Crippen LogP contribution in [0.5, 0.6) is 17.2 Å². The molecule has 8 heteroatoms. The van der Waals surface area contributed by atoms with Gasteiger partial charge in [-0.1, -0.05) is 13.8 Å². The Hall–Kier alpha value is -3.55. The SMILES string of the molecule is COc1ccc(-c2nc(CNC(=O)c3ncccc3OC)co2)cc1OCC(C)C. The first kappa shape index (κ1) is 21.2. The number of hydrogen-bond donors (Lipinski definition) is 1. The molecule has 30 heavy (non-hydrogen) atoms. The average Bonchev–Trinajstić information content (AvgIpc) is 3.24. The van der Waals surface area contributed by atoms with Gasteiger partial charge in [-0.15, -0.1) is 0 Å². The Morgan fingerprint density at radius 1 is 1.13 bits per heavy atom. The van der Waals surface area contributed by atoms with Gasteiger partial charge in [0.05, 0.1) is 33.1 Å². The number of aromatic nitrogens is 2. The fourth-order valence-corrected chi connectivity index (χ4v) is 2.68. The van der Waals surface area contributed by atoms with Crippen molar-refractivity contribution < 1.29 is 23.4 Å². The lowest BCUT2D eigenvalue weighted by molar-refractivity contribution is 0.0942. The minimum absolute atomic E-state index is 0.189. The molecule has 3 rings (SSSR count). The van der Waals surface area contributed by atoms with Crippen molar-refractivity contribution in [2.45, 2.75) is 20.4 Å². The molecule has 8 nitrogen and oxygen atoms in total. The van der Waals surface area contributed by atoms with Gasteiger partial charge in [0.15, 0.2) is 17.2 Å². The summed E-state index contributed by atoms with van der Waals surface area (Å²) in [4.78, 5) is 20.9. The summed E-state index contributed by atoms with van der Waals surface area (Å²) in [6, 6.07) is 8.86. The summed E-state index contributed by atoms with van der Waals surface area (Å²) in [7, 11) is 3.09. The van der Waals surface area contributed by atoms with Crippen molar-refractivity contribution in [2.24, 2.45) is 5.92 Å². The molecule has 0 radical (unpaired) electrons. The normalized spacial score (nSPS) is 10.7.